The van der Waals surface area contributed by atoms with E-state index in [1.807, 2.05) is 0 Å². The highest BCUT2D eigenvalue weighted by Crippen LogP contribution is 2.25. The zero-order valence-corrected chi connectivity index (χ0v) is 15.1. The van der Waals surface area contributed by atoms with Crippen LogP contribution in [0.1, 0.15) is 29.2 Å². The second-order valence-electron chi connectivity index (χ2n) is 6.08. The fourth-order valence-corrected chi connectivity index (χ4v) is 2.44. The van der Waals surface area contributed by atoms with E-state index in [0.29, 0.717) is 12.5 Å². The van der Waals surface area contributed by atoms with Crippen LogP contribution in [-0.2, 0) is 0 Å². The normalized spacial score (nSPS) is 12.4. The lowest BCUT2D eigenvalue weighted by Crippen LogP contribution is -2.31. The fourth-order valence-electron chi connectivity index (χ4n) is 2.44. The van der Waals surface area contributed by atoms with Gasteiger partial charge in [-0.25, -0.2) is 4.39 Å². The molecule has 152 valence electrons. The first-order valence-electron chi connectivity index (χ1n) is 8.44. The van der Waals surface area contributed by atoms with Crippen molar-refractivity contribution in [3.63, 3.8) is 0 Å². The summed E-state index contributed by atoms with van der Waals surface area (Å²) in [6, 6.07) is 9.82. The van der Waals surface area contributed by atoms with Crippen molar-refractivity contribution >= 4 is 5.91 Å². The Morgan fingerprint density at radius 1 is 1.24 bits per heavy atom. The Morgan fingerprint density at radius 2 is 1.93 bits per heavy atom. The van der Waals surface area contributed by atoms with Crippen molar-refractivity contribution in [1.82, 2.24) is 15.5 Å². The molecule has 1 heterocycles. The van der Waals surface area contributed by atoms with E-state index in [-0.39, 0.29) is 23.0 Å². The van der Waals surface area contributed by atoms with Crippen LogP contribution in [0, 0.1) is 5.82 Å². The SMILES string of the molecule is CC(F)(F)Oc1ccc(-c2noc([C@H](CO)NC(=O)c3ccccc3F)n2)cc1. The van der Waals surface area contributed by atoms with E-state index >= 15 is 0 Å². The van der Waals surface area contributed by atoms with E-state index in [1.54, 1.807) is 0 Å². The molecule has 3 rings (SSSR count). The lowest BCUT2D eigenvalue weighted by molar-refractivity contribution is -0.158. The van der Waals surface area contributed by atoms with Crippen LogP contribution in [0.4, 0.5) is 13.2 Å². The highest BCUT2D eigenvalue weighted by atomic mass is 19.3. The van der Waals surface area contributed by atoms with Crippen molar-refractivity contribution in [3.8, 4) is 17.1 Å². The molecule has 3 aromatic rings. The van der Waals surface area contributed by atoms with Crippen molar-refractivity contribution in [2.75, 3.05) is 6.61 Å². The van der Waals surface area contributed by atoms with Crippen molar-refractivity contribution in [2.45, 2.75) is 19.1 Å². The molecule has 10 heteroatoms. The lowest BCUT2D eigenvalue weighted by atomic mass is 10.2. The van der Waals surface area contributed by atoms with Crippen molar-refractivity contribution < 1.29 is 32.3 Å². The molecule has 2 N–H and O–H groups in total. The molecular weight excluding hydrogens is 391 g/mol. The summed E-state index contributed by atoms with van der Waals surface area (Å²) in [5, 5.41) is 15.7. The number of halogens is 3. The summed E-state index contributed by atoms with van der Waals surface area (Å²) in [6.07, 6.45) is -3.31. The van der Waals surface area contributed by atoms with Gasteiger partial charge in [-0.2, -0.15) is 13.8 Å². The smallest absolute Gasteiger partial charge is 0.394 e. The average Bonchev–Trinajstić information content (AvgIpc) is 3.15. The predicted molar refractivity (Wildman–Crippen MR) is 94.7 cm³/mol. The van der Waals surface area contributed by atoms with Crippen LogP contribution in [0.25, 0.3) is 11.4 Å². The summed E-state index contributed by atoms with van der Waals surface area (Å²) in [7, 11) is 0. The Morgan fingerprint density at radius 3 is 2.55 bits per heavy atom. The van der Waals surface area contributed by atoms with Crippen molar-refractivity contribution in [2.24, 2.45) is 0 Å². The Balaban J connectivity index is 1.74. The van der Waals surface area contributed by atoms with Crippen LogP contribution in [0.3, 0.4) is 0 Å². The molecule has 0 unspecified atom stereocenters. The van der Waals surface area contributed by atoms with Gasteiger partial charge in [-0.1, -0.05) is 17.3 Å². The van der Waals surface area contributed by atoms with Gasteiger partial charge < -0.3 is 19.7 Å². The van der Waals surface area contributed by atoms with Crippen LogP contribution in [0.2, 0.25) is 0 Å². The third kappa shape index (κ3) is 5.11. The van der Waals surface area contributed by atoms with Gasteiger partial charge in [0.15, 0.2) is 0 Å². The van der Waals surface area contributed by atoms with E-state index < -0.39 is 30.5 Å². The predicted octanol–water partition coefficient (Wildman–Crippen LogP) is 3.33. The highest BCUT2D eigenvalue weighted by molar-refractivity contribution is 5.94. The molecule has 0 saturated carbocycles. The molecule has 0 aliphatic rings. The molecule has 7 nitrogen and oxygen atoms in total. The van der Waals surface area contributed by atoms with E-state index in [0.717, 1.165) is 6.07 Å². The third-order valence-electron chi connectivity index (χ3n) is 3.76. The Kier molecular flexibility index (Phi) is 5.83. The topological polar surface area (TPSA) is 97.5 Å². The third-order valence-corrected chi connectivity index (χ3v) is 3.76. The summed E-state index contributed by atoms with van der Waals surface area (Å²) >= 11 is 0. The molecule has 0 aliphatic carbocycles. The maximum atomic E-state index is 13.7. The molecule has 0 fully saturated rings. The Hall–Kier alpha value is -3.40. The number of hydrogen-bond acceptors (Lipinski definition) is 6. The molecule has 2 aromatic carbocycles. The maximum Gasteiger partial charge on any atom is 0.394 e. The Bertz CT molecular complexity index is 987. The number of ether oxygens (including phenoxy) is 1. The first kappa shape index (κ1) is 20.3. The number of rotatable bonds is 7. The minimum absolute atomic E-state index is 0.0460. The first-order chi connectivity index (χ1) is 13.8. The summed E-state index contributed by atoms with van der Waals surface area (Å²) in [5.41, 5.74) is 0.234. The van der Waals surface area contributed by atoms with Crippen LogP contribution in [0.5, 0.6) is 5.75 Å². The number of hydrogen-bond donors (Lipinski definition) is 2. The van der Waals surface area contributed by atoms with Gasteiger partial charge in [-0.3, -0.25) is 4.79 Å². The minimum Gasteiger partial charge on any atom is -0.433 e. The molecule has 0 saturated heterocycles. The number of nitrogens with one attached hydrogen (secondary N) is 1. The molecule has 1 aromatic heterocycles. The number of aliphatic hydroxyl groups is 1. The van der Waals surface area contributed by atoms with Crippen LogP contribution in [0.15, 0.2) is 53.1 Å². The molecular formula is C19H16F3N3O4. The molecule has 1 atom stereocenters. The molecule has 0 bridgehead atoms. The van der Waals surface area contributed by atoms with Crippen molar-refractivity contribution in [3.05, 3.63) is 65.8 Å². The van der Waals surface area contributed by atoms with E-state index in [2.05, 4.69) is 20.2 Å². The fraction of sp³-hybridized carbons (Fsp3) is 0.211. The molecule has 0 aliphatic heterocycles. The van der Waals surface area contributed by atoms with E-state index in [4.69, 9.17) is 4.52 Å². The van der Waals surface area contributed by atoms with Gasteiger partial charge in [0.25, 0.3) is 11.8 Å². The second-order valence-corrected chi connectivity index (χ2v) is 6.08. The number of carbonyl (C=O) groups is 1. The Labute approximate surface area is 163 Å². The summed E-state index contributed by atoms with van der Waals surface area (Å²) < 4.78 is 49.0. The largest absolute Gasteiger partial charge is 0.433 e. The van der Waals surface area contributed by atoms with Crippen LogP contribution in [-0.4, -0.2) is 33.9 Å². The van der Waals surface area contributed by atoms with Crippen LogP contribution >= 0.6 is 0 Å². The first-order valence-corrected chi connectivity index (χ1v) is 8.44. The number of amides is 1. The number of nitrogens with zero attached hydrogens (tertiary/aromatic N) is 2. The van der Waals surface area contributed by atoms with Crippen LogP contribution < -0.4 is 10.1 Å². The maximum absolute atomic E-state index is 13.7. The van der Waals surface area contributed by atoms with Gasteiger partial charge >= 0.3 is 6.11 Å². The zero-order valence-electron chi connectivity index (χ0n) is 15.1. The second kappa shape index (κ2) is 8.31. The summed E-state index contributed by atoms with van der Waals surface area (Å²) in [5.74, 6) is -1.52. The van der Waals surface area contributed by atoms with E-state index in [9.17, 15) is 23.1 Å². The molecule has 1 amide bonds. The number of alkyl halides is 2. The highest BCUT2D eigenvalue weighted by Gasteiger charge is 2.24. The molecule has 29 heavy (non-hydrogen) atoms. The molecule has 0 spiro atoms. The monoisotopic (exact) mass is 407 g/mol. The van der Waals surface area contributed by atoms with Gasteiger partial charge in [-0.15, -0.1) is 0 Å². The van der Waals surface area contributed by atoms with Gasteiger partial charge in [0.1, 0.15) is 17.6 Å². The zero-order chi connectivity index (χ0) is 21.0. The lowest BCUT2D eigenvalue weighted by Gasteiger charge is -2.12. The average molecular weight is 407 g/mol. The summed E-state index contributed by atoms with van der Waals surface area (Å²) in [4.78, 5) is 16.3. The van der Waals surface area contributed by atoms with E-state index in [1.165, 1.54) is 42.5 Å². The standard InChI is InChI=1S/C19H16F3N3O4/c1-19(21,22)28-12-8-6-11(7-9-12)16-24-18(29-25-16)15(10-26)23-17(27)13-4-2-3-5-14(13)20/h2-9,15,26H,10H2,1H3,(H,23,27)/t15-/m0/s1. The van der Waals surface area contributed by atoms with Gasteiger partial charge in [-0.05, 0) is 36.4 Å². The van der Waals surface area contributed by atoms with Crippen molar-refractivity contribution in [1.29, 1.82) is 0 Å². The number of carbonyl (C=O) groups excluding carboxylic acids is 1. The quantitative estimate of drug-likeness (QED) is 0.624. The van der Waals surface area contributed by atoms with Gasteiger partial charge in [0, 0.05) is 12.5 Å². The summed E-state index contributed by atoms with van der Waals surface area (Å²) in [6.45, 7) is 0.0528. The van der Waals surface area contributed by atoms with Gasteiger partial charge in [0.05, 0.1) is 12.2 Å². The number of aromatic nitrogens is 2. The molecule has 0 radical (unpaired) electrons. The minimum atomic E-state index is -3.31. The van der Waals surface area contributed by atoms with Gasteiger partial charge in [0.2, 0.25) is 5.82 Å². The number of aliphatic hydroxyl groups excluding tert-OH is 1. The number of benzene rings is 2.